The summed E-state index contributed by atoms with van der Waals surface area (Å²) in [7, 11) is 4.01. The second-order valence-corrected chi connectivity index (χ2v) is 4.29. The number of aliphatic carboxylic acids is 1. The minimum Gasteiger partial charge on any atom is -0.480 e. The van der Waals surface area contributed by atoms with E-state index in [1.807, 2.05) is 44.4 Å². The third kappa shape index (κ3) is 4.97. The SMILES string of the molecule is CN(C)CCCNC(C(=O)O)c1ccccc1. The normalized spacial score (nSPS) is 12.6. The van der Waals surface area contributed by atoms with Crippen molar-refractivity contribution in [2.24, 2.45) is 0 Å². The van der Waals surface area contributed by atoms with Gasteiger partial charge in [0, 0.05) is 0 Å². The molecule has 0 spiro atoms. The van der Waals surface area contributed by atoms with Gasteiger partial charge in [-0.2, -0.15) is 0 Å². The second kappa shape index (κ2) is 7.04. The molecule has 0 fully saturated rings. The van der Waals surface area contributed by atoms with E-state index in [2.05, 4.69) is 10.2 Å². The van der Waals surface area contributed by atoms with E-state index < -0.39 is 12.0 Å². The number of nitrogens with one attached hydrogen (secondary N) is 1. The first kappa shape index (κ1) is 13.7. The molecule has 4 heteroatoms. The third-order valence-corrected chi connectivity index (χ3v) is 2.51. The smallest absolute Gasteiger partial charge is 0.325 e. The molecule has 0 aliphatic rings. The molecule has 1 atom stereocenters. The van der Waals surface area contributed by atoms with Gasteiger partial charge in [-0.3, -0.25) is 4.79 Å². The molecule has 0 saturated heterocycles. The number of carbonyl (C=O) groups is 1. The molecule has 17 heavy (non-hydrogen) atoms. The molecule has 0 aliphatic heterocycles. The lowest BCUT2D eigenvalue weighted by Crippen LogP contribution is -2.30. The van der Waals surface area contributed by atoms with Gasteiger partial charge in [-0.15, -0.1) is 0 Å². The molecule has 1 unspecified atom stereocenters. The third-order valence-electron chi connectivity index (χ3n) is 2.51. The molecule has 0 radical (unpaired) electrons. The molecule has 0 saturated carbocycles. The highest BCUT2D eigenvalue weighted by molar-refractivity contribution is 5.75. The highest BCUT2D eigenvalue weighted by atomic mass is 16.4. The van der Waals surface area contributed by atoms with Crippen LogP contribution >= 0.6 is 0 Å². The largest absolute Gasteiger partial charge is 0.480 e. The first-order valence-corrected chi connectivity index (χ1v) is 5.77. The zero-order chi connectivity index (χ0) is 12.7. The van der Waals surface area contributed by atoms with E-state index in [4.69, 9.17) is 5.11 Å². The van der Waals surface area contributed by atoms with E-state index in [0.29, 0.717) is 6.54 Å². The Bertz CT molecular complexity index is 339. The Labute approximate surface area is 102 Å². The molecular formula is C13H20N2O2. The Kier molecular flexibility index (Phi) is 5.66. The highest BCUT2D eigenvalue weighted by Crippen LogP contribution is 2.12. The Hall–Kier alpha value is -1.39. The van der Waals surface area contributed by atoms with Crippen LogP contribution in [0.15, 0.2) is 30.3 Å². The lowest BCUT2D eigenvalue weighted by molar-refractivity contribution is -0.139. The predicted molar refractivity (Wildman–Crippen MR) is 68.0 cm³/mol. The van der Waals surface area contributed by atoms with Crippen molar-refractivity contribution in [1.29, 1.82) is 0 Å². The van der Waals surface area contributed by atoms with Crippen molar-refractivity contribution >= 4 is 5.97 Å². The van der Waals surface area contributed by atoms with E-state index in [-0.39, 0.29) is 0 Å². The summed E-state index contributed by atoms with van der Waals surface area (Å²) >= 11 is 0. The number of carboxylic acids is 1. The van der Waals surface area contributed by atoms with Crippen molar-refractivity contribution in [2.75, 3.05) is 27.2 Å². The van der Waals surface area contributed by atoms with Gasteiger partial charge in [0.2, 0.25) is 0 Å². The number of hydrogen-bond acceptors (Lipinski definition) is 3. The minimum atomic E-state index is -0.832. The average Bonchev–Trinajstić information content (AvgIpc) is 2.29. The van der Waals surface area contributed by atoms with Crippen LogP contribution in [0.25, 0.3) is 0 Å². The zero-order valence-electron chi connectivity index (χ0n) is 10.4. The predicted octanol–water partition coefficient (Wildman–Crippen LogP) is 1.35. The van der Waals surface area contributed by atoms with E-state index in [1.165, 1.54) is 0 Å². The number of carboxylic acid groups (broad SMARTS) is 1. The average molecular weight is 236 g/mol. The molecule has 1 rings (SSSR count). The molecule has 0 bridgehead atoms. The fourth-order valence-electron chi connectivity index (χ4n) is 1.63. The first-order valence-electron chi connectivity index (χ1n) is 5.77. The fraction of sp³-hybridized carbons (Fsp3) is 0.462. The quantitative estimate of drug-likeness (QED) is 0.702. The number of benzene rings is 1. The van der Waals surface area contributed by atoms with Gasteiger partial charge in [0.05, 0.1) is 0 Å². The van der Waals surface area contributed by atoms with E-state index in [9.17, 15) is 4.79 Å². The summed E-state index contributed by atoms with van der Waals surface area (Å²) in [5.74, 6) is -0.832. The van der Waals surface area contributed by atoms with Gasteiger partial charge in [-0.1, -0.05) is 30.3 Å². The van der Waals surface area contributed by atoms with Crippen LogP contribution in [-0.2, 0) is 4.79 Å². The first-order chi connectivity index (χ1) is 8.11. The van der Waals surface area contributed by atoms with Crippen molar-refractivity contribution in [2.45, 2.75) is 12.5 Å². The number of rotatable bonds is 7. The van der Waals surface area contributed by atoms with Gasteiger partial charge < -0.3 is 15.3 Å². The van der Waals surface area contributed by atoms with Crippen LogP contribution in [0.3, 0.4) is 0 Å². The summed E-state index contributed by atoms with van der Waals surface area (Å²) in [5, 5.41) is 12.2. The maximum atomic E-state index is 11.2. The summed E-state index contributed by atoms with van der Waals surface area (Å²) in [6.07, 6.45) is 0.934. The van der Waals surface area contributed by atoms with E-state index in [1.54, 1.807) is 0 Å². The van der Waals surface area contributed by atoms with Gasteiger partial charge in [-0.05, 0) is 39.2 Å². The zero-order valence-corrected chi connectivity index (χ0v) is 10.4. The molecule has 4 nitrogen and oxygen atoms in total. The summed E-state index contributed by atoms with van der Waals surface area (Å²) < 4.78 is 0. The summed E-state index contributed by atoms with van der Waals surface area (Å²) in [6.45, 7) is 1.65. The Morgan fingerprint density at radius 2 is 2.00 bits per heavy atom. The van der Waals surface area contributed by atoms with E-state index >= 15 is 0 Å². The lowest BCUT2D eigenvalue weighted by Gasteiger charge is -2.15. The number of nitrogens with zero attached hydrogens (tertiary/aromatic N) is 1. The maximum absolute atomic E-state index is 11.2. The molecule has 94 valence electrons. The standard InChI is InChI=1S/C13H20N2O2/c1-15(2)10-6-9-14-12(13(16)17)11-7-4-3-5-8-11/h3-5,7-8,12,14H,6,9-10H2,1-2H3,(H,16,17). The van der Waals surface area contributed by atoms with Crippen LogP contribution in [-0.4, -0.2) is 43.2 Å². The van der Waals surface area contributed by atoms with E-state index in [0.717, 1.165) is 18.5 Å². The number of hydrogen-bond donors (Lipinski definition) is 2. The van der Waals surface area contributed by atoms with Gasteiger partial charge in [0.25, 0.3) is 0 Å². The van der Waals surface area contributed by atoms with Crippen LogP contribution in [0.1, 0.15) is 18.0 Å². The topological polar surface area (TPSA) is 52.6 Å². The van der Waals surface area contributed by atoms with Crippen molar-refractivity contribution in [1.82, 2.24) is 10.2 Å². The minimum absolute atomic E-state index is 0.613. The van der Waals surface area contributed by atoms with Crippen molar-refractivity contribution < 1.29 is 9.90 Å². The van der Waals surface area contributed by atoms with Crippen LogP contribution in [0.5, 0.6) is 0 Å². The van der Waals surface area contributed by atoms with Crippen molar-refractivity contribution in [3.05, 3.63) is 35.9 Å². The van der Waals surface area contributed by atoms with Crippen LogP contribution in [0, 0.1) is 0 Å². The lowest BCUT2D eigenvalue weighted by atomic mass is 10.1. The van der Waals surface area contributed by atoms with Gasteiger partial charge in [0.1, 0.15) is 6.04 Å². The molecule has 1 aromatic carbocycles. The monoisotopic (exact) mass is 236 g/mol. The van der Waals surface area contributed by atoms with Crippen LogP contribution in [0.2, 0.25) is 0 Å². The Morgan fingerprint density at radius 1 is 1.35 bits per heavy atom. The van der Waals surface area contributed by atoms with Gasteiger partial charge in [0.15, 0.2) is 0 Å². The maximum Gasteiger partial charge on any atom is 0.325 e. The van der Waals surface area contributed by atoms with Crippen molar-refractivity contribution in [3.8, 4) is 0 Å². The molecular weight excluding hydrogens is 216 g/mol. The molecule has 0 aromatic heterocycles. The van der Waals surface area contributed by atoms with Gasteiger partial charge in [-0.25, -0.2) is 0 Å². The Morgan fingerprint density at radius 3 is 2.53 bits per heavy atom. The Balaban J connectivity index is 2.48. The highest BCUT2D eigenvalue weighted by Gasteiger charge is 2.17. The molecule has 0 aliphatic carbocycles. The summed E-state index contributed by atoms with van der Waals surface area (Å²) in [5.41, 5.74) is 0.796. The van der Waals surface area contributed by atoms with Crippen LogP contribution < -0.4 is 5.32 Å². The molecule has 0 amide bonds. The molecule has 0 heterocycles. The van der Waals surface area contributed by atoms with Gasteiger partial charge >= 0.3 is 5.97 Å². The summed E-state index contributed by atoms with van der Waals surface area (Å²) in [6, 6.07) is 8.64. The summed E-state index contributed by atoms with van der Waals surface area (Å²) in [4.78, 5) is 13.2. The molecule has 1 aromatic rings. The fourth-order valence-corrected chi connectivity index (χ4v) is 1.63. The second-order valence-electron chi connectivity index (χ2n) is 4.29. The van der Waals surface area contributed by atoms with Crippen LogP contribution in [0.4, 0.5) is 0 Å². The van der Waals surface area contributed by atoms with Crippen molar-refractivity contribution in [3.63, 3.8) is 0 Å². The molecule has 2 N–H and O–H groups in total.